The second-order valence-electron chi connectivity index (χ2n) is 6.24. The van der Waals surface area contributed by atoms with Crippen LogP contribution in [-0.4, -0.2) is 70.9 Å². The van der Waals surface area contributed by atoms with Gasteiger partial charge in [0.1, 0.15) is 5.65 Å². The number of pyridine rings is 1. The summed E-state index contributed by atoms with van der Waals surface area (Å²) >= 11 is 0. The summed E-state index contributed by atoms with van der Waals surface area (Å²) in [7, 11) is 3.38. The van der Waals surface area contributed by atoms with E-state index in [2.05, 4.69) is 4.98 Å². The lowest BCUT2D eigenvalue weighted by atomic mass is 10.2. The topological polar surface area (TPSA) is 67.2 Å². The Labute approximate surface area is 140 Å². The van der Waals surface area contributed by atoms with Crippen LogP contribution in [0.25, 0.3) is 5.65 Å². The Kier molecular flexibility index (Phi) is 4.53. The van der Waals surface area contributed by atoms with Crippen LogP contribution < -0.4 is 0 Å². The first-order chi connectivity index (χ1) is 11.5. The van der Waals surface area contributed by atoms with Crippen molar-refractivity contribution in [2.75, 3.05) is 33.8 Å². The number of carbonyl (C=O) groups excluding carboxylic acids is 2. The van der Waals surface area contributed by atoms with Crippen LogP contribution in [0.5, 0.6) is 0 Å². The first-order valence-corrected chi connectivity index (χ1v) is 7.99. The fourth-order valence-corrected chi connectivity index (χ4v) is 2.91. The van der Waals surface area contributed by atoms with Crippen LogP contribution in [0.3, 0.4) is 0 Å². The van der Waals surface area contributed by atoms with Crippen LogP contribution in [0.1, 0.15) is 11.3 Å². The smallest absolute Gasteiger partial charge is 0.253 e. The van der Waals surface area contributed by atoms with Gasteiger partial charge >= 0.3 is 0 Å². The average Bonchev–Trinajstić information content (AvgIpc) is 2.98. The highest BCUT2D eigenvalue weighted by molar-refractivity contribution is 5.83. The maximum atomic E-state index is 12.6. The van der Waals surface area contributed by atoms with Crippen molar-refractivity contribution < 1.29 is 14.3 Å². The first-order valence-electron chi connectivity index (χ1n) is 7.99. The van der Waals surface area contributed by atoms with Gasteiger partial charge < -0.3 is 18.9 Å². The van der Waals surface area contributed by atoms with Crippen molar-refractivity contribution in [2.24, 2.45) is 0 Å². The number of nitrogens with zero attached hydrogens (tertiary/aromatic N) is 4. The van der Waals surface area contributed by atoms with Crippen molar-refractivity contribution in [3.8, 4) is 0 Å². The number of hydrogen-bond acceptors (Lipinski definition) is 4. The van der Waals surface area contributed by atoms with Crippen LogP contribution >= 0.6 is 0 Å². The molecule has 7 nitrogen and oxygen atoms in total. The second-order valence-corrected chi connectivity index (χ2v) is 6.24. The third-order valence-electron chi connectivity index (χ3n) is 4.28. The van der Waals surface area contributed by atoms with Gasteiger partial charge in [-0.05, 0) is 18.6 Å². The lowest BCUT2D eigenvalue weighted by molar-refractivity contribution is -0.152. The van der Waals surface area contributed by atoms with Gasteiger partial charge in [-0.2, -0.15) is 0 Å². The molecular weight excluding hydrogens is 308 g/mol. The molecule has 2 aromatic rings. The van der Waals surface area contributed by atoms with Crippen LogP contribution in [-0.2, 0) is 20.7 Å². The zero-order valence-corrected chi connectivity index (χ0v) is 14.2. The highest BCUT2D eigenvalue weighted by Crippen LogP contribution is 2.14. The van der Waals surface area contributed by atoms with Crippen molar-refractivity contribution in [2.45, 2.75) is 19.4 Å². The lowest BCUT2D eigenvalue weighted by Crippen LogP contribution is -2.51. The molecule has 128 valence electrons. The molecule has 0 aliphatic carbocycles. The summed E-state index contributed by atoms with van der Waals surface area (Å²) in [5.74, 6) is -0.129. The Morgan fingerprint density at radius 1 is 1.42 bits per heavy atom. The molecule has 2 aromatic heterocycles. The second kappa shape index (κ2) is 6.60. The van der Waals surface area contributed by atoms with E-state index in [1.54, 1.807) is 25.2 Å². The predicted octanol–water partition coefficient (Wildman–Crippen LogP) is 0.501. The molecule has 7 heteroatoms. The Morgan fingerprint density at radius 3 is 2.96 bits per heavy atom. The Balaban J connectivity index is 1.72. The van der Waals surface area contributed by atoms with Gasteiger partial charge in [0.15, 0.2) is 6.10 Å². The molecule has 2 amide bonds. The number of hydrogen-bond donors (Lipinski definition) is 0. The zero-order valence-electron chi connectivity index (χ0n) is 14.2. The Hall–Kier alpha value is -2.41. The van der Waals surface area contributed by atoms with E-state index in [0.717, 1.165) is 16.9 Å². The summed E-state index contributed by atoms with van der Waals surface area (Å²) in [5, 5.41) is 0. The van der Waals surface area contributed by atoms with Gasteiger partial charge in [-0.3, -0.25) is 9.59 Å². The molecule has 1 aliphatic heterocycles. The van der Waals surface area contributed by atoms with E-state index in [4.69, 9.17) is 4.74 Å². The maximum absolute atomic E-state index is 12.6. The predicted molar refractivity (Wildman–Crippen MR) is 88.6 cm³/mol. The van der Waals surface area contributed by atoms with Crippen molar-refractivity contribution in [3.05, 3.63) is 35.8 Å². The molecule has 0 N–H and O–H groups in total. The molecule has 0 aromatic carbocycles. The number of aromatic nitrogens is 2. The zero-order chi connectivity index (χ0) is 17.3. The van der Waals surface area contributed by atoms with Gasteiger partial charge in [-0.1, -0.05) is 6.07 Å². The third kappa shape index (κ3) is 3.12. The quantitative estimate of drug-likeness (QED) is 0.822. The molecule has 0 radical (unpaired) electrons. The SMILES string of the molecule is Cc1cccn2c(CC(=O)N3CCOC(C(=O)N(C)C)C3)cnc12. The average molecular weight is 330 g/mol. The highest BCUT2D eigenvalue weighted by atomic mass is 16.5. The molecule has 1 atom stereocenters. The Morgan fingerprint density at radius 2 is 2.21 bits per heavy atom. The minimum Gasteiger partial charge on any atom is -0.365 e. The normalized spacial score (nSPS) is 18.0. The van der Waals surface area contributed by atoms with Gasteiger partial charge in [0.2, 0.25) is 5.91 Å². The number of ether oxygens (including phenoxy) is 1. The van der Waals surface area contributed by atoms with E-state index in [1.165, 1.54) is 4.90 Å². The van der Waals surface area contributed by atoms with E-state index in [0.29, 0.717) is 19.7 Å². The molecule has 24 heavy (non-hydrogen) atoms. The minimum absolute atomic E-state index is 0.0156. The van der Waals surface area contributed by atoms with Crippen molar-refractivity contribution in [1.29, 1.82) is 0 Å². The highest BCUT2D eigenvalue weighted by Gasteiger charge is 2.30. The van der Waals surface area contributed by atoms with Gasteiger partial charge in [-0.25, -0.2) is 4.98 Å². The number of amides is 2. The van der Waals surface area contributed by atoms with Crippen molar-refractivity contribution >= 4 is 17.5 Å². The first kappa shape index (κ1) is 16.4. The largest absolute Gasteiger partial charge is 0.365 e. The molecule has 3 heterocycles. The fraction of sp³-hybridized carbons (Fsp3) is 0.471. The van der Waals surface area contributed by atoms with Crippen LogP contribution in [0.15, 0.2) is 24.5 Å². The molecule has 1 aliphatic rings. The summed E-state index contributed by atoms with van der Waals surface area (Å²) in [4.78, 5) is 32.3. The number of fused-ring (bicyclic) bond motifs is 1. The summed E-state index contributed by atoms with van der Waals surface area (Å²) in [6.07, 6.45) is 3.33. The molecule has 0 spiro atoms. The van der Waals surface area contributed by atoms with Crippen LogP contribution in [0.4, 0.5) is 0 Å². The summed E-state index contributed by atoms with van der Waals surface area (Å²) in [5.41, 5.74) is 2.78. The summed E-state index contributed by atoms with van der Waals surface area (Å²) < 4.78 is 7.44. The van der Waals surface area contributed by atoms with Crippen LogP contribution in [0.2, 0.25) is 0 Å². The maximum Gasteiger partial charge on any atom is 0.253 e. The summed E-state index contributed by atoms with van der Waals surface area (Å²) in [6, 6.07) is 3.94. The van der Waals surface area contributed by atoms with Gasteiger partial charge in [-0.15, -0.1) is 0 Å². The van der Waals surface area contributed by atoms with E-state index in [1.807, 2.05) is 29.7 Å². The summed E-state index contributed by atoms with van der Waals surface area (Å²) in [6.45, 7) is 3.17. The van der Waals surface area contributed by atoms with E-state index in [9.17, 15) is 9.59 Å². The van der Waals surface area contributed by atoms with Gasteiger partial charge in [0.25, 0.3) is 5.91 Å². The standard InChI is InChI=1S/C17H22N4O3/c1-12-5-4-6-21-13(10-18-16(12)21)9-15(22)20-7-8-24-14(11-20)17(23)19(2)3/h4-6,10,14H,7-9,11H2,1-3H3. The minimum atomic E-state index is -0.581. The Bertz CT molecular complexity index is 768. The number of likely N-dealkylation sites (N-methyl/N-ethyl adjacent to an activating group) is 1. The molecule has 3 rings (SSSR count). The molecule has 0 bridgehead atoms. The number of imidazole rings is 1. The number of carbonyl (C=O) groups is 2. The van der Waals surface area contributed by atoms with E-state index >= 15 is 0 Å². The van der Waals surface area contributed by atoms with Gasteiger partial charge in [0, 0.05) is 33.0 Å². The van der Waals surface area contributed by atoms with E-state index < -0.39 is 6.10 Å². The monoisotopic (exact) mass is 330 g/mol. The molecule has 1 saturated heterocycles. The van der Waals surface area contributed by atoms with Crippen molar-refractivity contribution in [3.63, 3.8) is 0 Å². The number of rotatable bonds is 3. The van der Waals surface area contributed by atoms with E-state index in [-0.39, 0.29) is 18.2 Å². The number of morpholine rings is 1. The molecular formula is C17H22N4O3. The number of aryl methyl sites for hydroxylation is 1. The molecule has 1 fully saturated rings. The lowest BCUT2D eigenvalue weighted by Gasteiger charge is -2.33. The molecule has 0 saturated carbocycles. The molecule has 1 unspecified atom stereocenters. The van der Waals surface area contributed by atoms with Crippen molar-refractivity contribution in [1.82, 2.24) is 19.2 Å². The van der Waals surface area contributed by atoms with Crippen LogP contribution in [0, 0.1) is 6.92 Å². The van der Waals surface area contributed by atoms with Gasteiger partial charge in [0.05, 0.1) is 25.3 Å². The third-order valence-corrected chi connectivity index (χ3v) is 4.28. The fourth-order valence-electron chi connectivity index (χ4n) is 2.91.